The molecule has 2 aromatic carbocycles. The monoisotopic (exact) mass is 330 g/mol. The highest BCUT2D eigenvalue weighted by Crippen LogP contribution is 2.27. The zero-order valence-electron chi connectivity index (χ0n) is 11.2. The Morgan fingerprint density at radius 2 is 2.15 bits per heavy atom. The summed E-state index contributed by atoms with van der Waals surface area (Å²) in [5.74, 6) is -0.0778. The summed E-state index contributed by atoms with van der Waals surface area (Å²) < 4.78 is 0.927. The molecule has 1 heterocycles. The Hall–Kier alpha value is -1.81. The molecule has 3 nitrogen and oxygen atoms in total. The van der Waals surface area contributed by atoms with Crippen LogP contribution in [0.4, 0.5) is 11.4 Å². The Morgan fingerprint density at radius 3 is 3.00 bits per heavy atom. The van der Waals surface area contributed by atoms with Gasteiger partial charge in [0.15, 0.2) is 0 Å². The minimum atomic E-state index is -0.0778. The number of carbonyl (C=O) groups excluding carboxylic acids is 1. The van der Waals surface area contributed by atoms with Crippen LogP contribution in [-0.4, -0.2) is 12.5 Å². The van der Waals surface area contributed by atoms with Gasteiger partial charge in [0.1, 0.15) is 0 Å². The van der Waals surface area contributed by atoms with Crippen molar-refractivity contribution < 1.29 is 4.79 Å². The summed E-state index contributed by atoms with van der Waals surface area (Å²) in [5, 5.41) is 6.25. The Morgan fingerprint density at radius 1 is 1.30 bits per heavy atom. The molecule has 1 aliphatic heterocycles. The number of hydrogen-bond donors (Lipinski definition) is 2. The number of hydrogen-bond acceptors (Lipinski definition) is 2. The Bertz CT molecular complexity index is 682. The first kappa shape index (κ1) is 13.2. The standard InChI is InChI=1S/C16H15BrN2O/c1-10-3-2-4-14(15(10)17)19-16(20)12-5-6-13-11(9-12)7-8-18-13/h2-6,9,18H,7-8H2,1H3,(H,19,20). The van der Waals surface area contributed by atoms with Gasteiger partial charge in [-0.1, -0.05) is 12.1 Å². The van der Waals surface area contributed by atoms with Crippen LogP contribution in [0, 0.1) is 6.92 Å². The second kappa shape index (κ2) is 5.29. The van der Waals surface area contributed by atoms with Crippen molar-refractivity contribution in [2.24, 2.45) is 0 Å². The van der Waals surface area contributed by atoms with Gasteiger partial charge < -0.3 is 10.6 Å². The number of aryl methyl sites for hydroxylation is 1. The Kier molecular flexibility index (Phi) is 3.49. The molecule has 0 atom stereocenters. The SMILES string of the molecule is Cc1cccc(NC(=O)c2ccc3c(c2)CCN3)c1Br. The van der Waals surface area contributed by atoms with E-state index < -0.39 is 0 Å². The first-order valence-corrected chi connectivity index (χ1v) is 7.38. The van der Waals surface area contributed by atoms with Crippen LogP contribution in [0.1, 0.15) is 21.5 Å². The van der Waals surface area contributed by atoms with E-state index in [1.165, 1.54) is 5.56 Å². The second-order valence-electron chi connectivity index (χ2n) is 4.94. The van der Waals surface area contributed by atoms with E-state index in [0.717, 1.165) is 34.4 Å². The van der Waals surface area contributed by atoms with E-state index in [4.69, 9.17) is 0 Å². The predicted molar refractivity (Wildman–Crippen MR) is 85.5 cm³/mol. The minimum Gasteiger partial charge on any atom is -0.384 e. The molecule has 0 radical (unpaired) electrons. The lowest BCUT2D eigenvalue weighted by Gasteiger charge is -2.10. The van der Waals surface area contributed by atoms with Crippen LogP contribution in [-0.2, 0) is 6.42 Å². The molecule has 0 spiro atoms. The van der Waals surface area contributed by atoms with Crippen LogP contribution in [0.2, 0.25) is 0 Å². The molecule has 0 saturated heterocycles. The van der Waals surface area contributed by atoms with Gasteiger partial charge in [-0.25, -0.2) is 0 Å². The van der Waals surface area contributed by atoms with E-state index in [2.05, 4.69) is 26.6 Å². The van der Waals surface area contributed by atoms with Crippen molar-refractivity contribution in [2.75, 3.05) is 17.2 Å². The molecule has 0 unspecified atom stereocenters. The number of benzene rings is 2. The second-order valence-corrected chi connectivity index (χ2v) is 5.73. The van der Waals surface area contributed by atoms with Gasteiger partial charge in [0.2, 0.25) is 0 Å². The van der Waals surface area contributed by atoms with Crippen molar-refractivity contribution in [2.45, 2.75) is 13.3 Å². The third kappa shape index (κ3) is 2.43. The van der Waals surface area contributed by atoms with Crippen LogP contribution in [0.25, 0.3) is 0 Å². The van der Waals surface area contributed by atoms with Gasteiger partial charge in [-0.2, -0.15) is 0 Å². The number of fused-ring (bicyclic) bond motifs is 1. The van der Waals surface area contributed by atoms with Gasteiger partial charge in [0.05, 0.1) is 5.69 Å². The van der Waals surface area contributed by atoms with Gasteiger partial charge in [-0.15, -0.1) is 0 Å². The van der Waals surface area contributed by atoms with Gasteiger partial charge in [-0.05, 0) is 64.7 Å². The van der Waals surface area contributed by atoms with Crippen molar-refractivity contribution in [3.05, 3.63) is 57.6 Å². The maximum Gasteiger partial charge on any atom is 0.255 e. The average molecular weight is 331 g/mol. The van der Waals surface area contributed by atoms with E-state index in [1.54, 1.807) is 0 Å². The lowest BCUT2D eigenvalue weighted by Crippen LogP contribution is -2.12. The molecule has 2 N–H and O–H groups in total. The average Bonchev–Trinajstić information content (AvgIpc) is 2.91. The molecule has 2 aromatic rings. The molecule has 0 fully saturated rings. The van der Waals surface area contributed by atoms with Crippen molar-refractivity contribution in [1.29, 1.82) is 0 Å². The lowest BCUT2D eigenvalue weighted by atomic mass is 10.1. The number of amides is 1. The molecular formula is C16H15BrN2O. The molecule has 0 aliphatic carbocycles. The van der Waals surface area contributed by atoms with Gasteiger partial charge in [-0.3, -0.25) is 4.79 Å². The highest BCUT2D eigenvalue weighted by atomic mass is 79.9. The topological polar surface area (TPSA) is 41.1 Å². The summed E-state index contributed by atoms with van der Waals surface area (Å²) in [6.45, 7) is 2.95. The third-order valence-electron chi connectivity index (χ3n) is 3.52. The smallest absolute Gasteiger partial charge is 0.255 e. The minimum absolute atomic E-state index is 0.0778. The van der Waals surface area contributed by atoms with E-state index in [9.17, 15) is 4.79 Å². The van der Waals surface area contributed by atoms with Crippen molar-refractivity contribution >= 4 is 33.2 Å². The highest BCUT2D eigenvalue weighted by Gasteiger charge is 2.14. The summed E-state index contributed by atoms with van der Waals surface area (Å²) in [6.07, 6.45) is 0.977. The molecule has 4 heteroatoms. The molecule has 0 aromatic heterocycles. The van der Waals surface area contributed by atoms with Crippen LogP contribution < -0.4 is 10.6 Å². The molecule has 3 rings (SSSR count). The molecule has 0 saturated carbocycles. The van der Waals surface area contributed by atoms with Crippen molar-refractivity contribution in [1.82, 2.24) is 0 Å². The van der Waals surface area contributed by atoms with Crippen LogP contribution in [0.15, 0.2) is 40.9 Å². The van der Waals surface area contributed by atoms with Gasteiger partial charge in [0, 0.05) is 22.3 Å². The molecule has 1 amide bonds. The van der Waals surface area contributed by atoms with Gasteiger partial charge >= 0.3 is 0 Å². The fourth-order valence-corrected chi connectivity index (χ4v) is 2.75. The first-order chi connectivity index (χ1) is 9.65. The number of halogens is 1. The molecule has 0 bridgehead atoms. The van der Waals surface area contributed by atoms with E-state index in [1.807, 2.05) is 43.3 Å². The number of nitrogens with one attached hydrogen (secondary N) is 2. The van der Waals surface area contributed by atoms with Crippen LogP contribution in [0.5, 0.6) is 0 Å². The quantitative estimate of drug-likeness (QED) is 0.874. The number of anilines is 2. The first-order valence-electron chi connectivity index (χ1n) is 6.58. The maximum atomic E-state index is 12.3. The summed E-state index contributed by atoms with van der Waals surface area (Å²) in [4.78, 5) is 12.3. The number of carbonyl (C=O) groups is 1. The highest BCUT2D eigenvalue weighted by molar-refractivity contribution is 9.10. The van der Waals surface area contributed by atoms with Crippen molar-refractivity contribution in [3.8, 4) is 0 Å². The van der Waals surface area contributed by atoms with Crippen LogP contribution in [0.3, 0.4) is 0 Å². The molecule has 102 valence electrons. The largest absolute Gasteiger partial charge is 0.384 e. The van der Waals surface area contributed by atoms with E-state index in [0.29, 0.717) is 5.56 Å². The Balaban J connectivity index is 1.84. The maximum absolute atomic E-state index is 12.3. The summed E-state index contributed by atoms with van der Waals surface area (Å²) in [7, 11) is 0. The van der Waals surface area contributed by atoms with Crippen molar-refractivity contribution in [3.63, 3.8) is 0 Å². The zero-order chi connectivity index (χ0) is 14.1. The fraction of sp³-hybridized carbons (Fsp3) is 0.188. The van der Waals surface area contributed by atoms with Crippen LogP contribution >= 0.6 is 15.9 Å². The fourth-order valence-electron chi connectivity index (χ4n) is 2.38. The van der Waals surface area contributed by atoms with E-state index >= 15 is 0 Å². The Labute approximate surface area is 126 Å². The number of rotatable bonds is 2. The predicted octanol–water partition coefficient (Wildman–Crippen LogP) is 3.98. The zero-order valence-corrected chi connectivity index (χ0v) is 12.8. The van der Waals surface area contributed by atoms with E-state index in [-0.39, 0.29) is 5.91 Å². The molecular weight excluding hydrogens is 316 g/mol. The molecule has 20 heavy (non-hydrogen) atoms. The summed E-state index contributed by atoms with van der Waals surface area (Å²) in [5.41, 5.74) is 4.94. The summed E-state index contributed by atoms with van der Waals surface area (Å²) in [6, 6.07) is 11.6. The lowest BCUT2D eigenvalue weighted by molar-refractivity contribution is 0.102. The van der Waals surface area contributed by atoms with Gasteiger partial charge in [0.25, 0.3) is 5.91 Å². The third-order valence-corrected chi connectivity index (χ3v) is 4.57. The molecule has 1 aliphatic rings. The normalized spacial score (nSPS) is 12.7. The summed E-state index contributed by atoms with van der Waals surface area (Å²) >= 11 is 3.51.